The van der Waals surface area contributed by atoms with Crippen LogP contribution in [0.5, 0.6) is 0 Å². The summed E-state index contributed by atoms with van der Waals surface area (Å²) in [6.45, 7) is 11.1. The molecule has 0 saturated carbocycles. The Morgan fingerprint density at radius 1 is 1.32 bits per heavy atom. The molecule has 0 aromatic heterocycles. The first-order valence-electron chi connectivity index (χ1n) is 6.96. The second-order valence-electron chi connectivity index (χ2n) is 5.61. The number of hydrogen-bond donors (Lipinski definition) is 1. The van der Waals surface area contributed by atoms with Crippen LogP contribution in [0.4, 0.5) is 5.69 Å². The van der Waals surface area contributed by atoms with Crippen molar-refractivity contribution in [2.75, 3.05) is 18.9 Å². The Kier molecular flexibility index (Phi) is 4.98. The first-order chi connectivity index (χ1) is 8.83. The number of nitrogens with zero attached hydrogens (tertiary/aromatic N) is 1. The van der Waals surface area contributed by atoms with Crippen LogP contribution >= 0.6 is 0 Å². The van der Waals surface area contributed by atoms with E-state index in [4.69, 9.17) is 0 Å². The summed E-state index contributed by atoms with van der Waals surface area (Å²) in [6.07, 6.45) is 0.928. The van der Waals surface area contributed by atoms with Gasteiger partial charge in [0.2, 0.25) is 0 Å². The molecular weight excluding hydrogens is 236 g/mol. The molecule has 3 nitrogen and oxygen atoms in total. The van der Waals surface area contributed by atoms with Crippen molar-refractivity contribution in [2.45, 2.75) is 46.6 Å². The van der Waals surface area contributed by atoms with Gasteiger partial charge >= 0.3 is 0 Å². The van der Waals surface area contributed by atoms with Crippen LogP contribution in [-0.2, 0) is 0 Å². The SMILES string of the molecule is CCNc1ccc(C)cc1C(=O)N(C)C(C)(C)CC. The Bertz CT molecular complexity index is 452. The monoisotopic (exact) mass is 262 g/mol. The lowest BCUT2D eigenvalue weighted by atomic mass is 9.98. The largest absolute Gasteiger partial charge is 0.385 e. The molecule has 0 radical (unpaired) electrons. The summed E-state index contributed by atoms with van der Waals surface area (Å²) in [5.41, 5.74) is 2.64. The molecule has 0 bridgehead atoms. The topological polar surface area (TPSA) is 32.3 Å². The summed E-state index contributed by atoms with van der Waals surface area (Å²) in [4.78, 5) is 14.5. The fourth-order valence-corrected chi connectivity index (χ4v) is 1.87. The number of rotatable bonds is 5. The highest BCUT2D eigenvalue weighted by molar-refractivity contribution is 6.00. The molecule has 0 saturated heterocycles. The van der Waals surface area contributed by atoms with Gasteiger partial charge < -0.3 is 10.2 Å². The van der Waals surface area contributed by atoms with Crippen LogP contribution in [0.25, 0.3) is 0 Å². The molecule has 0 aliphatic rings. The lowest BCUT2D eigenvalue weighted by molar-refractivity contribution is 0.0621. The summed E-state index contributed by atoms with van der Waals surface area (Å²) in [7, 11) is 1.88. The molecule has 0 fully saturated rings. The molecule has 19 heavy (non-hydrogen) atoms. The smallest absolute Gasteiger partial charge is 0.256 e. The van der Waals surface area contributed by atoms with Crippen molar-refractivity contribution in [3.05, 3.63) is 29.3 Å². The molecule has 1 aromatic rings. The second kappa shape index (κ2) is 6.09. The first-order valence-corrected chi connectivity index (χ1v) is 6.96. The number of benzene rings is 1. The van der Waals surface area contributed by atoms with Gasteiger partial charge in [-0.3, -0.25) is 4.79 Å². The van der Waals surface area contributed by atoms with E-state index >= 15 is 0 Å². The van der Waals surface area contributed by atoms with Gasteiger partial charge in [-0.1, -0.05) is 18.6 Å². The molecule has 1 amide bonds. The third-order valence-corrected chi connectivity index (χ3v) is 3.85. The Balaban J connectivity index is 3.14. The zero-order valence-electron chi connectivity index (χ0n) is 13.0. The summed E-state index contributed by atoms with van der Waals surface area (Å²) in [5, 5.41) is 3.26. The van der Waals surface area contributed by atoms with Crippen molar-refractivity contribution in [1.82, 2.24) is 4.90 Å². The van der Waals surface area contributed by atoms with Gasteiger partial charge in [0.1, 0.15) is 0 Å². The van der Waals surface area contributed by atoms with Crippen molar-refractivity contribution < 1.29 is 4.79 Å². The normalized spacial score (nSPS) is 11.3. The standard InChI is InChI=1S/C16H26N2O/c1-7-16(4,5)18(6)15(19)13-11-12(3)9-10-14(13)17-8-2/h9-11,17H,7-8H2,1-6H3. The van der Waals surface area contributed by atoms with Crippen LogP contribution in [0.1, 0.15) is 50.0 Å². The van der Waals surface area contributed by atoms with E-state index in [9.17, 15) is 4.79 Å². The zero-order valence-corrected chi connectivity index (χ0v) is 13.0. The molecule has 1 N–H and O–H groups in total. The van der Waals surface area contributed by atoms with E-state index in [0.717, 1.165) is 29.8 Å². The van der Waals surface area contributed by atoms with Crippen LogP contribution in [-0.4, -0.2) is 29.9 Å². The van der Waals surface area contributed by atoms with E-state index in [2.05, 4.69) is 26.1 Å². The summed E-state index contributed by atoms with van der Waals surface area (Å²) in [5.74, 6) is 0.0755. The molecule has 0 aliphatic heterocycles. The first kappa shape index (κ1) is 15.5. The number of amides is 1. The van der Waals surface area contributed by atoms with E-state index in [1.807, 2.05) is 44.0 Å². The minimum absolute atomic E-state index is 0.0755. The van der Waals surface area contributed by atoms with Gasteiger partial charge in [0, 0.05) is 24.8 Å². The van der Waals surface area contributed by atoms with Gasteiger partial charge in [0.15, 0.2) is 0 Å². The average Bonchev–Trinajstić information content (AvgIpc) is 2.39. The molecule has 106 valence electrons. The molecule has 0 spiro atoms. The number of nitrogens with one attached hydrogen (secondary N) is 1. The number of anilines is 1. The molecule has 1 rings (SSSR count). The van der Waals surface area contributed by atoms with Crippen molar-refractivity contribution >= 4 is 11.6 Å². The highest BCUT2D eigenvalue weighted by atomic mass is 16.2. The molecular formula is C16H26N2O. The lowest BCUT2D eigenvalue weighted by Gasteiger charge is -2.35. The fraction of sp³-hybridized carbons (Fsp3) is 0.562. The Morgan fingerprint density at radius 3 is 2.47 bits per heavy atom. The average molecular weight is 262 g/mol. The van der Waals surface area contributed by atoms with Gasteiger partial charge in [-0.2, -0.15) is 0 Å². The van der Waals surface area contributed by atoms with Gasteiger partial charge in [0.25, 0.3) is 5.91 Å². The number of aryl methyl sites for hydroxylation is 1. The molecule has 0 aliphatic carbocycles. The number of carbonyl (C=O) groups is 1. The Labute approximate surface area is 117 Å². The maximum atomic E-state index is 12.7. The molecule has 1 aromatic carbocycles. The third kappa shape index (κ3) is 3.49. The third-order valence-electron chi connectivity index (χ3n) is 3.85. The van der Waals surface area contributed by atoms with Gasteiger partial charge in [-0.15, -0.1) is 0 Å². The molecule has 0 unspecified atom stereocenters. The molecule has 0 heterocycles. The van der Waals surface area contributed by atoms with E-state index in [1.54, 1.807) is 0 Å². The van der Waals surface area contributed by atoms with Crippen molar-refractivity contribution in [3.63, 3.8) is 0 Å². The Morgan fingerprint density at radius 2 is 1.95 bits per heavy atom. The van der Waals surface area contributed by atoms with Gasteiger partial charge in [-0.25, -0.2) is 0 Å². The number of carbonyl (C=O) groups excluding carboxylic acids is 1. The fourth-order valence-electron chi connectivity index (χ4n) is 1.87. The van der Waals surface area contributed by atoms with Crippen molar-refractivity contribution in [1.29, 1.82) is 0 Å². The van der Waals surface area contributed by atoms with Crippen LogP contribution in [0.15, 0.2) is 18.2 Å². The van der Waals surface area contributed by atoms with Crippen molar-refractivity contribution in [2.24, 2.45) is 0 Å². The predicted octanol–water partition coefficient (Wildman–Crippen LogP) is 3.69. The highest BCUT2D eigenvalue weighted by Crippen LogP contribution is 2.24. The maximum Gasteiger partial charge on any atom is 0.256 e. The van der Waals surface area contributed by atoms with Crippen LogP contribution < -0.4 is 5.32 Å². The minimum atomic E-state index is -0.135. The lowest BCUT2D eigenvalue weighted by Crippen LogP contribution is -2.44. The van der Waals surface area contributed by atoms with E-state index in [0.29, 0.717) is 0 Å². The quantitative estimate of drug-likeness (QED) is 0.877. The summed E-state index contributed by atoms with van der Waals surface area (Å²) in [6, 6.07) is 5.97. The zero-order chi connectivity index (χ0) is 14.6. The summed E-state index contributed by atoms with van der Waals surface area (Å²) >= 11 is 0. The number of hydrogen-bond acceptors (Lipinski definition) is 2. The highest BCUT2D eigenvalue weighted by Gasteiger charge is 2.27. The van der Waals surface area contributed by atoms with Gasteiger partial charge in [-0.05, 0) is 46.2 Å². The van der Waals surface area contributed by atoms with E-state index in [-0.39, 0.29) is 11.4 Å². The van der Waals surface area contributed by atoms with Crippen LogP contribution in [0.2, 0.25) is 0 Å². The Hall–Kier alpha value is -1.51. The van der Waals surface area contributed by atoms with E-state index in [1.165, 1.54) is 0 Å². The predicted molar refractivity (Wildman–Crippen MR) is 81.8 cm³/mol. The second-order valence-corrected chi connectivity index (χ2v) is 5.61. The van der Waals surface area contributed by atoms with E-state index < -0.39 is 0 Å². The molecule has 0 atom stereocenters. The maximum absolute atomic E-state index is 12.7. The van der Waals surface area contributed by atoms with Crippen LogP contribution in [0.3, 0.4) is 0 Å². The van der Waals surface area contributed by atoms with Crippen molar-refractivity contribution in [3.8, 4) is 0 Å². The molecule has 3 heteroatoms. The van der Waals surface area contributed by atoms with Gasteiger partial charge in [0.05, 0.1) is 5.56 Å². The van der Waals surface area contributed by atoms with Crippen LogP contribution in [0, 0.1) is 6.92 Å². The minimum Gasteiger partial charge on any atom is -0.385 e. The summed E-state index contributed by atoms with van der Waals surface area (Å²) < 4.78 is 0.